The summed E-state index contributed by atoms with van der Waals surface area (Å²) in [7, 11) is 0. The molecule has 0 aliphatic rings. The molecule has 1 heterocycles. The van der Waals surface area contributed by atoms with Gasteiger partial charge in [-0.15, -0.1) is 11.3 Å². The molecule has 0 radical (unpaired) electrons. The molecule has 0 fully saturated rings. The van der Waals surface area contributed by atoms with Crippen molar-refractivity contribution >= 4 is 39.4 Å². The summed E-state index contributed by atoms with van der Waals surface area (Å²) >= 11 is 6.56. The first-order chi connectivity index (χ1) is 8.06. The van der Waals surface area contributed by atoms with E-state index in [2.05, 4.69) is 10.3 Å². The van der Waals surface area contributed by atoms with E-state index in [0.29, 0.717) is 4.99 Å². The summed E-state index contributed by atoms with van der Waals surface area (Å²) in [6.07, 6.45) is 0. The molecule has 0 bridgehead atoms. The molecule has 0 spiro atoms. The fraction of sp³-hybridized carbons (Fsp3) is 0.167. The first-order valence-corrected chi connectivity index (χ1v) is 6.44. The van der Waals surface area contributed by atoms with Gasteiger partial charge in [0.1, 0.15) is 4.99 Å². The van der Waals surface area contributed by atoms with Crippen molar-refractivity contribution in [2.45, 2.75) is 13.8 Å². The number of hydrogen-bond acceptors (Lipinski definition) is 4. The zero-order valence-electron chi connectivity index (χ0n) is 9.65. The molecule has 1 aromatic carbocycles. The van der Waals surface area contributed by atoms with Gasteiger partial charge >= 0.3 is 0 Å². The summed E-state index contributed by atoms with van der Waals surface area (Å²) in [5.74, 6) is 0. The first kappa shape index (κ1) is 12.0. The Bertz CT molecular complexity index is 561. The molecular weight excluding hydrogens is 250 g/mol. The van der Waals surface area contributed by atoms with E-state index in [-0.39, 0.29) is 0 Å². The van der Waals surface area contributed by atoms with Crippen molar-refractivity contribution in [1.29, 1.82) is 0 Å². The van der Waals surface area contributed by atoms with E-state index in [1.165, 1.54) is 0 Å². The Morgan fingerprint density at radius 1 is 1.41 bits per heavy atom. The number of nitrogens with two attached hydrogens (primary N) is 1. The Balaban J connectivity index is 2.23. The molecule has 0 unspecified atom stereocenters. The van der Waals surface area contributed by atoms with Crippen LogP contribution in [0, 0.1) is 13.8 Å². The Morgan fingerprint density at radius 2 is 2.18 bits per heavy atom. The molecule has 2 aromatic rings. The van der Waals surface area contributed by atoms with E-state index in [4.69, 9.17) is 18.0 Å². The number of hydrogen-bond donors (Lipinski definition) is 2. The van der Waals surface area contributed by atoms with Crippen molar-refractivity contribution in [3.05, 3.63) is 40.4 Å². The minimum atomic E-state index is 0.430. The number of aromatic nitrogens is 1. The molecule has 3 nitrogen and oxygen atoms in total. The summed E-state index contributed by atoms with van der Waals surface area (Å²) in [5, 5.41) is 6.16. The molecule has 3 N–H and O–H groups in total. The van der Waals surface area contributed by atoms with Gasteiger partial charge in [0.15, 0.2) is 5.13 Å². The van der Waals surface area contributed by atoms with Crippen molar-refractivity contribution in [3.63, 3.8) is 0 Å². The van der Waals surface area contributed by atoms with E-state index in [1.807, 2.05) is 37.4 Å². The normalized spacial score (nSPS) is 10.2. The van der Waals surface area contributed by atoms with Crippen LogP contribution in [0.25, 0.3) is 0 Å². The second-order valence-electron chi connectivity index (χ2n) is 3.81. The summed E-state index contributed by atoms with van der Waals surface area (Å²) in [5.41, 5.74) is 9.62. The van der Waals surface area contributed by atoms with Gasteiger partial charge in [0.2, 0.25) is 0 Å². The standard InChI is InChI=1S/C12H13N3S2/c1-7-5-9(3-4-10(7)11(13)16)15-12-14-8(2)6-17-12/h3-6H,1-2H3,(H2,13,16)(H,14,15). The number of anilines is 2. The van der Waals surface area contributed by atoms with Crippen molar-refractivity contribution < 1.29 is 0 Å². The van der Waals surface area contributed by atoms with Crippen LogP contribution in [0.2, 0.25) is 0 Å². The zero-order chi connectivity index (χ0) is 12.4. The number of thiocarbonyl (C=S) groups is 1. The van der Waals surface area contributed by atoms with E-state index in [9.17, 15) is 0 Å². The highest BCUT2D eigenvalue weighted by atomic mass is 32.1. The molecule has 0 amide bonds. The second kappa shape index (κ2) is 4.81. The molecule has 0 saturated carbocycles. The molecule has 5 heteroatoms. The maximum atomic E-state index is 5.62. The highest BCUT2D eigenvalue weighted by Gasteiger charge is 2.04. The zero-order valence-corrected chi connectivity index (χ0v) is 11.3. The smallest absolute Gasteiger partial charge is 0.187 e. The van der Waals surface area contributed by atoms with E-state index < -0.39 is 0 Å². The molecule has 0 aliphatic heterocycles. The summed E-state index contributed by atoms with van der Waals surface area (Å²) in [6, 6.07) is 5.91. The highest BCUT2D eigenvalue weighted by molar-refractivity contribution is 7.80. The lowest BCUT2D eigenvalue weighted by molar-refractivity contribution is 1.26. The Hall–Kier alpha value is -1.46. The lowest BCUT2D eigenvalue weighted by Crippen LogP contribution is -2.11. The lowest BCUT2D eigenvalue weighted by Gasteiger charge is -2.07. The Labute approximate surface area is 110 Å². The van der Waals surface area contributed by atoms with Gasteiger partial charge in [0, 0.05) is 16.6 Å². The molecular formula is C12H13N3S2. The third kappa shape index (κ3) is 2.81. The molecule has 0 saturated heterocycles. The summed E-state index contributed by atoms with van der Waals surface area (Å²) in [6.45, 7) is 3.97. The number of benzene rings is 1. The van der Waals surface area contributed by atoms with Crippen molar-refractivity contribution in [3.8, 4) is 0 Å². The van der Waals surface area contributed by atoms with Gasteiger partial charge < -0.3 is 11.1 Å². The largest absolute Gasteiger partial charge is 0.389 e. The predicted octanol–water partition coefficient (Wildman–Crippen LogP) is 3.14. The highest BCUT2D eigenvalue weighted by Crippen LogP contribution is 2.22. The van der Waals surface area contributed by atoms with Crippen LogP contribution in [-0.2, 0) is 0 Å². The van der Waals surface area contributed by atoms with Gasteiger partial charge in [-0.3, -0.25) is 0 Å². The van der Waals surface area contributed by atoms with Crippen LogP contribution < -0.4 is 11.1 Å². The van der Waals surface area contributed by atoms with Crippen LogP contribution in [0.3, 0.4) is 0 Å². The summed E-state index contributed by atoms with van der Waals surface area (Å²) in [4.78, 5) is 4.78. The molecule has 17 heavy (non-hydrogen) atoms. The monoisotopic (exact) mass is 263 g/mol. The third-order valence-electron chi connectivity index (χ3n) is 2.36. The number of aryl methyl sites for hydroxylation is 2. The topological polar surface area (TPSA) is 50.9 Å². The average molecular weight is 263 g/mol. The van der Waals surface area contributed by atoms with Gasteiger partial charge in [-0.05, 0) is 37.6 Å². The maximum Gasteiger partial charge on any atom is 0.187 e. The van der Waals surface area contributed by atoms with E-state index in [1.54, 1.807) is 11.3 Å². The van der Waals surface area contributed by atoms with Crippen molar-refractivity contribution in [2.24, 2.45) is 5.73 Å². The second-order valence-corrected chi connectivity index (χ2v) is 5.11. The van der Waals surface area contributed by atoms with Gasteiger partial charge in [0.25, 0.3) is 0 Å². The third-order valence-corrected chi connectivity index (χ3v) is 3.46. The van der Waals surface area contributed by atoms with Gasteiger partial charge in [-0.25, -0.2) is 4.98 Å². The predicted molar refractivity (Wildman–Crippen MR) is 77.2 cm³/mol. The van der Waals surface area contributed by atoms with Crippen LogP contribution >= 0.6 is 23.6 Å². The molecule has 0 aliphatic carbocycles. The van der Waals surface area contributed by atoms with E-state index in [0.717, 1.165) is 27.6 Å². The fourth-order valence-corrected chi connectivity index (χ4v) is 2.49. The van der Waals surface area contributed by atoms with Gasteiger partial charge in [0.05, 0.1) is 5.69 Å². The molecule has 1 aromatic heterocycles. The fourth-order valence-electron chi connectivity index (χ4n) is 1.55. The minimum Gasteiger partial charge on any atom is -0.389 e. The van der Waals surface area contributed by atoms with Crippen LogP contribution in [0.1, 0.15) is 16.8 Å². The van der Waals surface area contributed by atoms with Gasteiger partial charge in [-0.2, -0.15) is 0 Å². The first-order valence-electron chi connectivity index (χ1n) is 5.16. The molecule has 88 valence electrons. The van der Waals surface area contributed by atoms with Crippen molar-refractivity contribution in [2.75, 3.05) is 5.32 Å². The lowest BCUT2D eigenvalue weighted by atomic mass is 10.1. The molecule has 2 rings (SSSR count). The number of nitrogens with zero attached hydrogens (tertiary/aromatic N) is 1. The quantitative estimate of drug-likeness (QED) is 0.835. The minimum absolute atomic E-state index is 0.430. The number of rotatable bonds is 3. The van der Waals surface area contributed by atoms with Crippen LogP contribution in [0.4, 0.5) is 10.8 Å². The Morgan fingerprint density at radius 3 is 2.71 bits per heavy atom. The van der Waals surface area contributed by atoms with Crippen LogP contribution in [0.5, 0.6) is 0 Å². The van der Waals surface area contributed by atoms with E-state index >= 15 is 0 Å². The van der Waals surface area contributed by atoms with Crippen LogP contribution in [0.15, 0.2) is 23.6 Å². The molecule has 0 atom stereocenters. The Kier molecular flexibility index (Phi) is 3.40. The van der Waals surface area contributed by atoms with Crippen molar-refractivity contribution in [1.82, 2.24) is 4.98 Å². The number of thiazole rings is 1. The van der Waals surface area contributed by atoms with Crippen LogP contribution in [-0.4, -0.2) is 9.97 Å². The summed E-state index contributed by atoms with van der Waals surface area (Å²) < 4.78 is 0. The SMILES string of the molecule is Cc1csc(Nc2ccc(C(N)=S)c(C)c2)n1. The number of nitrogens with one attached hydrogen (secondary N) is 1. The average Bonchev–Trinajstić information content (AvgIpc) is 2.63. The maximum absolute atomic E-state index is 5.62. The van der Waals surface area contributed by atoms with Gasteiger partial charge in [-0.1, -0.05) is 12.2 Å².